The first-order valence-electron chi connectivity index (χ1n) is 11.6. The van der Waals surface area contributed by atoms with Gasteiger partial charge in [-0.3, -0.25) is 9.59 Å². The first kappa shape index (κ1) is 24.2. The van der Waals surface area contributed by atoms with Gasteiger partial charge in [-0.1, -0.05) is 12.1 Å². The first-order valence-corrected chi connectivity index (χ1v) is 11.6. The number of amides is 1. The smallest absolute Gasteiger partial charge is 0.251 e. The quantitative estimate of drug-likeness (QED) is 0.328. The molecule has 37 heavy (non-hydrogen) atoms. The highest BCUT2D eigenvalue weighted by Gasteiger charge is 2.25. The van der Waals surface area contributed by atoms with Gasteiger partial charge >= 0.3 is 0 Å². The monoisotopic (exact) mass is 507 g/mol. The summed E-state index contributed by atoms with van der Waals surface area (Å²) in [6.45, 7) is -0.641. The summed E-state index contributed by atoms with van der Waals surface area (Å²) in [6, 6.07) is 10.8. The molecule has 0 atom stereocenters. The van der Waals surface area contributed by atoms with Crippen molar-refractivity contribution in [1.29, 1.82) is 0 Å². The summed E-state index contributed by atoms with van der Waals surface area (Å²) in [5.41, 5.74) is 2.63. The van der Waals surface area contributed by atoms with E-state index < -0.39 is 24.2 Å². The molecule has 190 valence electrons. The van der Waals surface area contributed by atoms with Gasteiger partial charge in [0.1, 0.15) is 36.2 Å². The number of alkyl halides is 1. The molecule has 0 saturated heterocycles. The number of fused-ring (bicyclic) bond motifs is 2. The first-order chi connectivity index (χ1) is 18.0. The van der Waals surface area contributed by atoms with Crippen LogP contribution in [0.2, 0.25) is 0 Å². The number of hydrogen-bond acceptors (Lipinski definition) is 6. The van der Waals surface area contributed by atoms with Gasteiger partial charge in [-0.2, -0.15) is 0 Å². The highest BCUT2D eigenvalue weighted by atomic mass is 19.1. The van der Waals surface area contributed by atoms with Gasteiger partial charge < -0.3 is 24.5 Å². The fraction of sp³-hybridized carbons (Fsp3) is 0.222. The normalized spacial score (nSPS) is 12.2. The Hall–Kier alpha value is -4.47. The van der Waals surface area contributed by atoms with E-state index in [1.807, 2.05) is 0 Å². The number of aromatic nitrogens is 2. The molecular formula is C27H23F2N3O5. The Labute approximate surface area is 210 Å². The van der Waals surface area contributed by atoms with E-state index in [9.17, 15) is 18.4 Å². The van der Waals surface area contributed by atoms with Crippen LogP contribution in [0.1, 0.15) is 26.4 Å². The maximum Gasteiger partial charge on any atom is 0.251 e. The predicted molar refractivity (Wildman–Crippen MR) is 132 cm³/mol. The third-order valence-corrected chi connectivity index (χ3v) is 6.04. The number of rotatable bonds is 9. The lowest BCUT2D eigenvalue weighted by Gasteiger charge is -2.12. The van der Waals surface area contributed by atoms with E-state index in [1.54, 1.807) is 24.4 Å². The number of nitrogens with zero attached hydrogens (tertiary/aromatic N) is 1. The molecule has 0 aliphatic carbocycles. The zero-order valence-electron chi connectivity index (χ0n) is 19.9. The second-order valence-electron chi connectivity index (χ2n) is 8.32. The minimum Gasteiger partial charge on any atom is -0.493 e. The second kappa shape index (κ2) is 10.3. The number of hydrogen-bond donors (Lipinski definition) is 2. The lowest BCUT2D eigenvalue weighted by molar-refractivity contribution is 0.0902. The summed E-state index contributed by atoms with van der Waals surface area (Å²) in [6.07, 6.45) is 2.24. The molecule has 0 radical (unpaired) electrons. The van der Waals surface area contributed by atoms with Crippen molar-refractivity contribution in [1.82, 2.24) is 15.3 Å². The fourth-order valence-corrected chi connectivity index (χ4v) is 4.26. The van der Waals surface area contributed by atoms with E-state index >= 15 is 0 Å². The van der Waals surface area contributed by atoms with Crippen molar-refractivity contribution in [2.75, 3.05) is 33.5 Å². The summed E-state index contributed by atoms with van der Waals surface area (Å²) in [5.74, 6) is -0.150. The number of Topliss-reactive ketones (excluding diaryl/α,β-unsaturated/α-hetero) is 1. The molecule has 0 fully saturated rings. The van der Waals surface area contributed by atoms with E-state index in [1.165, 1.54) is 31.4 Å². The molecule has 3 heterocycles. The molecule has 0 saturated carbocycles. The topological polar surface area (TPSA) is 103 Å². The van der Waals surface area contributed by atoms with E-state index in [4.69, 9.17) is 14.2 Å². The molecule has 2 N–H and O–H groups in total. The molecule has 2 aromatic carbocycles. The number of H-pyrrole nitrogens is 1. The molecule has 4 aromatic rings. The van der Waals surface area contributed by atoms with Crippen molar-refractivity contribution in [3.05, 3.63) is 71.3 Å². The molecule has 1 amide bonds. The molecule has 0 unspecified atom stereocenters. The number of carbonyl (C=O) groups excluding carboxylic acids is 2. The largest absolute Gasteiger partial charge is 0.493 e. The van der Waals surface area contributed by atoms with Crippen LogP contribution in [-0.4, -0.2) is 55.2 Å². The summed E-state index contributed by atoms with van der Waals surface area (Å²) in [4.78, 5) is 33.2. The second-order valence-corrected chi connectivity index (χ2v) is 8.32. The van der Waals surface area contributed by atoms with E-state index in [0.29, 0.717) is 46.7 Å². The van der Waals surface area contributed by atoms with Gasteiger partial charge in [0.15, 0.2) is 17.3 Å². The average Bonchev–Trinajstić information content (AvgIpc) is 3.57. The van der Waals surface area contributed by atoms with Crippen molar-refractivity contribution in [3.63, 3.8) is 0 Å². The van der Waals surface area contributed by atoms with Crippen LogP contribution >= 0.6 is 0 Å². The zero-order valence-corrected chi connectivity index (χ0v) is 19.9. The lowest BCUT2D eigenvalue weighted by Crippen LogP contribution is -2.30. The van der Waals surface area contributed by atoms with Crippen LogP contribution in [-0.2, 0) is 6.42 Å². The van der Waals surface area contributed by atoms with Crippen LogP contribution in [0.5, 0.6) is 17.2 Å². The molecular weight excluding hydrogens is 484 g/mol. The Bertz CT molecular complexity index is 1500. The van der Waals surface area contributed by atoms with Crippen LogP contribution in [0.3, 0.4) is 0 Å². The Kier molecular flexibility index (Phi) is 6.72. The van der Waals surface area contributed by atoms with Crippen molar-refractivity contribution < 1.29 is 32.6 Å². The number of benzene rings is 2. The van der Waals surface area contributed by atoms with Crippen molar-refractivity contribution >= 4 is 22.6 Å². The van der Waals surface area contributed by atoms with Crippen molar-refractivity contribution in [2.45, 2.75) is 6.42 Å². The van der Waals surface area contributed by atoms with Crippen molar-refractivity contribution in [3.8, 4) is 28.5 Å². The van der Waals surface area contributed by atoms with Gasteiger partial charge in [-0.25, -0.2) is 13.8 Å². The third kappa shape index (κ3) is 4.69. The van der Waals surface area contributed by atoms with E-state index in [-0.39, 0.29) is 30.2 Å². The summed E-state index contributed by atoms with van der Waals surface area (Å²) in [5, 5.41) is 3.22. The van der Waals surface area contributed by atoms with Crippen LogP contribution in [0, 0.1) is 5.82 Å². The molecule has 5 rings (SSSR count). The maximum absolute atomic E-state index is 14.2. The van der Waals surface area contributed by atoms with Crippen LogP contribution < -0.4 is 19.5 Å². The van der Waals surface area contributed by atoms with Crippen LogP contribution in [0.25, 0.3) is 22.2 Å². The van der Waals surface area contributed by atoms with Crippen LogP contribution in [0.4, 0.5) is 8.78 Å². The number of methoxy groups -OCH3 is 1. The average molecular weight is 507 g/mol. The molecule has 10 heteroatoms. The molecule has 1 aliphatic rings. The molecule has 0 bridgehead atoms. The molecule has 2 aromatic heterocycles. The third-order valence-electron chi connectivity index (χ3n) is 6.04. The van der Waals surface area contributed by atoms with E-state index in [2.05, 4.69) is 15.3 Å². The number of halogens is 2. The minimum absolute atomic E-state index is 0.134. The van der Waals surface area contributed by atoms with Crippen LogP contribution in [0.15, 0.2) is 48.7 Å². The Morgan fingerprint density at radius 2 is 2.05 bits per heavy atom. The number of para-hydroxylation sites is 1. The summed E-state index contributed by atoms with van der Waals surface area (Å²) < 4.78 is 42.9. The zero-order chi connectivity index (χ0) is 25.9. The van der Waals surface area contributed by atoms with Gasteiger partial charge in [0.05, 0.1) is 25.8 Å². The Balaban J connectivity index is 1.37. The summed E-state index contributed by atoms with van der Waals surface area (Å²) >= 11 is 0. The highest BCUT2D eigenvalue weighted by molar-refractivity contribution is 6.03. The highest BCUT2D eigenvalue weighted by Crippen LogP contribution is 2.39. The van der Waals surface area contributed by atoms with Gasteiger partial charge in [0.25, 0.3) is 5.91 Å². The standard InChI is InChI=1S/C27H23F2N3O5/c1-35-23-12-16(5-6-22(23)36-10-8-28)27(34)31-14-21(33)20-11-15-7-9-37-26(15)25(32-20)18-13-30-24-17(18)3-2-4-19(24)29/h2-6,11-13,30H,7-10,14H2,1H3,(H,31,34). The molecule has 8 nitrogen and oxygen atoms in total. The Morgan fingerprint density at radius 1 is 1.19 bits per heavy atom. The number of nitrogens with one attached hydrogen (secondary N) is 2. The Morgan fingerprint density at radius 3 is 2.86 bits per heavy atom. The maximum atomic E-state index is 14.2. The number of ketones is 1. The number of carbonyl (C=O) groups is 2. The number of aromatic amines is 1. The van der Waals surface area contributed by atoms with Gasteiger partial charge in [-0.05, 0) is 30.3 Å². The van der Waals surface area contributed by atoms with E-state index in [0.717, 1.165) is 5.56 Å². The predicted octanol–water partition coefficient (Wildman–Crippen LogP) is 4.27. The van der Waals surface area contributed by atoms with Gasteiger partial charge in [0.2, 0.25) is 0 Å². The SMILES string of the molecule is COc1cc(C(=O)NCC(=O)c2cc3c(c(-c4c[nH]c5c(F)cccc45)n2)OCC3)ccc1OCCF. The van der Waals surface area contributed by atoms with Gasteiger partial charge in [0, 0.05) is 34.7 Å². The fourth-order valence-electron chi connectivity index (χ4n) is 4.26. The number of ether oxygens (including phenoxy) is 3. The summed E-state index contributed by atoms with van der Waals surface area (Å²) in [7, 11) is 1.41. The lowest BCUT2D eigenvalue weighted by atomic mass is 10.0. The molecule has 0 spiro atoms. The van der Waals surface area contributed by atoms with Gasteiger partial charge in [-0.15, -0.1) is 0 Å². The number of pyridine rings is 1. The minimum atomic E-state index is -0.657. The molecule has 1 aliphatic heterocycles. The van der Waals surface area contributed by atoms with Crippen molar-refractivity contribution in [2.24, 2.45) is 0 Å².